The van der Waals surface area contributed by atoms with E-state index >= 15 is 0 Å². The first-order valence-electron chi connectivity index (χ1n) is 16.7. The zero-order chi connectivity index (χ0) is 27.5. The third kappa shape index (κ3) is 10.7. The number of pyridine rings is 2. The van der Waals surface area contributed by atoms with Crippen molar-refractivity contribution in [1.82, 2.24) is 0 Å². The number of rotatable bonds is 21. The molecule has 0 radical (unpaired) electrons. The van der Waals surface area contributed by atoms with E-state index in [1.54, 1.807) is 0 Å². The topological polar surface area (TPSA) is 7.76 Å². The molecule has 4 rings (SSSR count). The quantitative estimate of drug-likeness (QED) is 0.0736. The molecule has 0 aliphatic heterocycles. The maximum absolute atomic E-state index is 2.42. The minimum Gasteiger partial charge on any atom is -0.198 e. The fourth-order valence-electron chi connectivity index (χ4n) is 6.22. The maximum Gasteiger partial charge on any atom is 0.212 e. The number of para-hydroxylation sites is 2. The third-order valence-electron chi connectivity index (χ3n) is 8.62. The van der Waals surface area contributed by atoms with Crippen molar-refractivity contribution < 1.29 is 9.13 Å². The molecule has 0 amide bonds. The standard InChI is InChI=1S/C38H54N2/c1(3-5-7-9-11-13-15-21-31-39-33-23-27-35-25-17-19-29-37(35)39)2-4-6-8-10-12-14-16-22-32-40-34-24-28-36-26-18-20-30-38(36)40/h17-20,23-30,33-34H,1-16,21-22,31-32H2/q+2. The average Bonchev–Trinajstić information content (AvgIpc) is 3.00. The normalized spacial score (nSPS) is 11.5. The number of fused-ring (bicyclic) bond motifs is 2. The second-order valence-corrected chi connectivity index (χ2v) is 11.9. The van der Waals surface area contributed by atoms with Crippen LogP contribution in [0.3, 0.4) is 0 Å². The number of hydrogen-bond donors (Lipinski definition) is 0. The second-order valence-electron chi connectivity index (χ2n) is 11.9. The molecule has 0 unspecified atom stereocenters. The molecular weight excluding hydrogens is 484 g/mol. The molecule has 0 aliphatic carbocycles. The molecule has 2 heterocycles. The number of aromatic nitrogens is 2. The summed E-state index contributed by atoms with van der Waals surface area (Å²) in [6.45, 7) is 2.29. The van der Waals surface area contributed by atoms with Gasteiger partial charge in [-0.05, 0) is 37.1 Å². The minimum absolute atomic E-state index is 1.15. The first kappa shape index (κ1) is 30.2. The Labute approximate surface area is 244 Å². The highest BCUT2D eigenvalue weighted by Crippen LogP contribution is 2.15. The van der Waals surface area contributed by atoms with E-state index < -0.39 is 0 Å². The fourth-order valence-corrected chi connectivity index (χ4v) is 6.22. The summed E-state index contributed by atoms with van der Waals surface area (Å²) >= 11 is 0. The van der Waals surface area contributed by atoms with Gasteiger partial charge < -0.3 is 0 Å². The predicted molar refractivity (Wildman–Crippen MR) is 171 cm³/mol. The van der Waals surface area contributed by atoms with Crippen LogP contribution in [0, 0.1) is 0 Å². The number of benzene rings is 2. The summed E-state index contributed by atoms with van der Waals surface area (Å²) in [5.41, 5.74) is 2.73. The largest absolute Gasteiger partial charge is 0.212 e. The molecule has 0 spiro atoms. The highest BCUT2D eigenvalue weighted by atomic mass is 14.9. The van der Waals surface area contributed by atoms with Gasteiger partial charge >= 0.3 is 0 Å². The molecule has 0 atom stereocenters. The summed E-state index contributed by atoms with van der Waals surface area (Å²) in [4.78, 5) is 0. The van der Waals surface area contributed by atoms with Crippen molar-refractivity contribution in [2.75, 3.05) is 0 Å². The van der Waals surface area contributed by atoms with Gasteiger partial charge in [0.05, 0.1) is 0 Å². The Morgan fingerprint density at radius 1 is 0.300 bits per heavy atom. The molecule has 2 nitrogen and oxygen atoms in total. The van der Waals surface area contributed by atoms with E-state index in [-0.39, 0.29) is 0 Å². The van der Waals surface area contributed by atoms with Gasteiger partial charge in [-0.15, -0.1) is 0 Å². The zero-order valence-corrected chi connectivity index (χ0v) is 25.1. The molecule has 214 valence electrons. The molecule has 0 N–H and O–H groups in total. The van der Waals surface area contributed by atoms with Gasteiger partial charge in [0.2, 0.25) is 11.0 Å². The Balaban J connectivity index is 0.873. The van der Waals surface area contributed by atoms with Crippen molar-refractivity contribution in [1.29, 1.82) is 0 Å². The number of nitrogens with zero attached hydrogens (tertiary/aromatic N) is 2. The van der Waals surface area contributed by atoms with Crippen LogP contribution in [0.4, 0.5) is 0 Å². The smallest absolute Gasteiger partial charge is 0.198 e. The van der Waals surface area contributed by atoms with Crippen LogP contribution in [0.2, 0.25) is 0 Å². The van der Waals surface area contributed by atoms with Crippen molar-refractivity contribution in [3.63, 3.8) is 0 Å². The lowest BCUT2D eigenvalue weighted by Crippen LogP contribution is -2.33. The average molecular weight is 539 g/mol. The summed E-state index contributed by atoms with van der Waals surface area (Å²) in [5.74, 6) is 0. The molecule has 0 saturated carbocycles. The molecule has 2 heteroatoms. The summed E-state index contributed by atoms with van der Waals surface area (Å²) in [6, 6.07) is 26.2. The fraction of sp³-hybridized carbons (Fsp3) is 0.526. The van der Waals surface area contributed by atoms with Crippen molar-refractivity contribution in [2.24, 2.45) is 0 Å². The lowest BCUT2D eigenvalue weighted by atomic mass is 10.0. The first-order valence-corrected chi connectivity index (χ1v) is 16.7. The van der Waals surface area contributed by atoms with Crippen LogP contribution in [-0.4, -0.2) is 0 Å². The maximum atomic E-state index is 2.42. The first-order chi connectivity index (χ1) is 19.9. The Morgan fingerprint density at radius 3 is 0.925 bits per heavy atom. The highest BCUT2D eigenvalue weighted by Gasteiger charge is 2.07. The number of unbranched alkanes of at least 4 members (excludes halogenated alkanes) is 17. The van der Waals surface area contributed by atoms with Gasteiger partial charge in [-0.2, -0.15) is 9.13 Å². The van der Waals surface area contributed by atoms with Crippen LogP contribution in [0.1, 0.15) is 116 Å². The number of aryl methyl sites for hydroxylation is 2. The summed E-state index contributed by atoms with van der Waals surface area (Å²) < 4.78 is 4.84. The molecule has 40 heavy (non-hydrogen) atoms. The van der Waals surface area contributed by atoms with Crippen molar-refractivity contribution in [2.45, 2.75) is 129 Å². The Morgan fingerprint density at radius 2 is 0.575 bits per heavy atom. The summed E-state index contributed by atoms with van der Waals surface area (Å²) in [7, 11) is 0. The van der Waals surface area contributed by atoms with E-state index in [9.17, 15) is 0 Å². The summed E-state index contributed by atoms with van der Waals surface area (Å²) in [6.07, 6.45) is 29.9. The van der Waals surface area contributed by atoms with Gasteiger partial charge in [0.25, 0.3) is 0 Å². The minimum atomic E-state index is 1.15. The molecule has 2 aromatic heterocycles. The van der Waals surface area contributed by atoms with Gasteiger partial charge in [0.1, 0.15) is 13.1 Å². The Bertz CT molecular complexity index is 1120. The Kier molecular flexibility index (Phi) is 14.0. The van der Waals surface area contributed by atoms with E-state index in [1.807, 2.05) is 0 Å². The number of hydrogen-bond acceptors (Lipinski definition) is 0. The lowest BCUT2D eigenvalue weighted by molar-refractivity contribution is -0.672. The van der Waals surface area contributed by atoms with E-state index in [1.165, 1.54) is 137 Å². The van der Waals surface area contributed by atoms with Crippen LogP contribution in [0.5, 0.6) is 0 Å². The molecule has 4 aromatic rings. The summed E-state index contributed by atoms with van der Waals surface area (Å²) in [5, 5.41) is 2.69. The monoisotopic (exact) mass is 538 g/mol. The predicted octanol–water partition coefficient (Wildman–Crippen LogP) is 10.3. The van der Waals surface area contributed by atoms with Gasteiger partial charge in [-0.25, -0.2) is 0 Å². The molecule has 0 bridgehead atoms. The van der Waals surface area contributed by atoms with E-state index in [2.05, 4.69) is 94.3 Å². The molecule has 0 saturated heterocycles. The SMILES string of the molecule is c1ccc2c(c1)ccc[n+]2CCCCCCCCCCCCCCCCCCCC[n+]1cccc2ccccc21. The molecule has 0 aliphatic rings. The molecular formula is C38H54N2+2. The Hall–Kier alpha value is -2.74. The van der Waals surface area contributed by atoms with Gasteiger partial charge in [-0.3, -0.25) is 0 Å². The van der Waals surface area contributed by atoms with Crippen molar-refractivity contribution in [3.05, 3.63) is 85.2 Å². The highest BCUT2D eigenvalue weighted by molar-refractivity contribution is 5.75. The molecule has 2 aromatic carbocycles. The lowest BCUT2D eigenvalue weighted by Gasteiger charge is -2.04. The van der Waals surface area contributed by atoms with E-state index in [0.29, 0.717) is 0 Å². The van der Waals surface area contributed by atoms with E-state index in [0.717, 1.165) is 13.1 Å². The molecule has 0 fully saturated rings. The van der Waals surface area contributed by atoms with Crippen molar-refractivity contribution >= 4 is 21.8 Å². The van der Waals surface area contributed by atoms with E-state index in [4.69, 9.17) is 0 Å². The van der Waals surface area contributed by atoms with Crippen LogP contribution in [-0.2, 0) is 13.1 Å². The van der Waals surface area contributed by atoms with Gasteiger partial charge in [0.15, 0.2) is 12.4 Å². The van der Waals surface area contributed by atoms with Gasteiger partial charge in [-0.1, -0.05) is 114 Å². The van der Waals surface area contributed by atoms with Crippen LogP contribution in [0.15, 0.2) is 85.2 Å². The van der Waals surface area contributed by atoms with Crippen LogP contribution >= 0.6 is 0 Å². The van der Waals surface area contributed by atoms with Crippen LogP contribution < -0.4 is 9.13 Å². The second kappa shape index (κ2) is 18.6. The third-order valence-corrected chi connectivity index (χ3v) is 8.62. The van der Waals surface area contributed by atoms with Crippen molar-refractivity contribution in [3.8, 4) is 0 Å². The van der Waals surface area contributed by atoms with Crippen LogP contribution in [0.25, 0.3) is 21.8 Å². The zero-order valence-electron chi connectivity index (χ0n) is 25.1. The van der Waals surface area contributed by atoms with Gasteiger partial charge in [0, 0.05) is 47.9 Å².